The van der Waals surface area contributed by atoms with E-state index >= 15 is 0 Å². The Morgan fingerprint density at radius 3 is 1.24 bits per heavy atom. The van der Waals surface area contributed by atoms with Crippen LogP contribution in [0.5, 0.6) is 0 Å². The Kier molecular flexibility index (Phi) is 9.22. The molecule has 17 atom stereocenters. The molecule has 280 valence electrons. The van der Waals surface area contributed by atoms with Gasteiger partial charge in [0.15, 0.2) is 0 Å². The van der Waals surface area contributed by atoms with Crippen LogP contribution in [0.1, 0.15) is 173 Å². The number of rotatable bonds is 3. The molecule has 0 spiro atoms. The summed E-state index contributed by atoms with van der Waals surface area (Å²) in [7, 11) is 0. The Hall–Kier alpha value is -0.120. The van der Waals surface area contributed by atoms with E-state index in [1.807, 2.05) is 0 Å². The van der Waals surface area contributed by atoms with Crippen LogP contribution in [-0.2, 0) is 0 Å². The van der Waals surface area contributed by atoms with E-state index in [-0.39, 0.29) is 0 Å². The molecule has 17 unspecified atom stereocenters. The molecule has 0 radical (unpaired) electrons. The summed E-state index contributed by atoms with van der Waals surface area (Å²) in [5.74, 6) is 13.1. The maximum atomic E-state index is 3.70. The van der Waals surface area contributed by atoms with Crippen molar-refractivity contribution in [2.45, 2.75) is 210 Å². The fourth-order valence-electron chi connectivity index (χ4n) is 18.7. The van der Waals surface area contributed by atoms with Crippen LogP contribution in [-0.4, -0.2) is 59.1 Å². The van der Waals surface area contributed by atoms with Crippen molar-refractivity contribution in [3.63, 3.8) is 0 Å². The minimum atomic E-state index is 0.897. The minimum absolute atomic E-state index is 0.897. The second-order valence-electron chi connectivity index (χ2n) is 21.5. The highest BCUT2D eigenvalue weighted by Gasteiger charge is 2.59. The van der Waals surface area contributed by atoms with Gasteiger partial charge in [0.05, 0.1) is 0 Å². The van der Waals surface area contributed by atoms with Gasteiger partial charge in [-0.1, -0.05) is 51.4 Å². The molecule has 11 fully saturated rings. The molecular weight excluding hydrogens is 607 g/mol. The molecule has 0 aromatic heterocycles. The van der Waals surface area contributed by atoms with Gasteiger partial charge in [-0.3, -0.25) is 9.80 Å². The van der Waals surface area contributed by atoms with Crippen molar-refractivity contribution in [1.29, 1.82) is 0 Å². The zero-order chi connectivity index (χ0) is 32.8. The van der Waals surface area contributed by atoms with Gasteiger partial charge in [-0.25, -0.2) is 0 Å². The van der Waals surface area contributed by atoms with E-state index in [0.29, 0.717) is 0 Å². The lowest BCUT2D eigenvalue weighted by molar-refractivity contribution is -0.0986. The van der Waals surface area contributed by atoms with Gasteiger partial charge in [0.1, 0.15) is 0 Å². The molecule has 0 aromatic rings. The van der Waals surface area contributed by atoms with Gasteiger partial charge in [-0.2, -0.15) is 0 Å². The summed E-state index contributed by atoms with van der Waals surface area (Å²) < 4.78 is 0. The molecule has 3 heteroatoms. The van der Waals surface area contributed by atoms with Crippen molar-refractivity contribution < 1.29 is 0 Å². The second kappa shape index (κ2) is 13.9. The van der Waals surface area contributed by atoms with E-state index in [2.05, 4.69) is 15.1 Å². The zero-order valence-corrected chi connectivity index (χ0v) is 32.3. The first-order valence-electron chi connectivity index (χ1n) is 24.1. The lowest BCUT2D eigenvalue weighted by Crippen LogP contribution is -2.55. The highest BCUT2D eigenvalue weighted by atomic mass is 15.3. The van der Waals surface area contributed by atoms with Gasteiger partial charge < -0.3 is 5.32 Å². The first-order chi connectivity index (χ1) is 24.8. The van der Waals surface area contributed by atoms with Crippen LogP contribution in [0.25, 0.3) is 0 Å². The molecule has 1 N–H and O–H groups in total. The monoisotopic (exact) mass is 684 g/mol. The molecule has 8 aliphatic carbocycles. The quantitative estimate of drug-likeness (QED) is 0.319. The van der Waals surface area contributed by atoms with Crippen LogP contribution in [0.3, 0.4) is 0 Å². The van der Waals surface area contributed by atoms with Crippen molar-refractivity contribution in [2.24, 2.45) is 71.0 Å². The molecular formula is C47H77N3. The summed E-state index contributed by atoms with van der Waals surface area (Å²) >= 11 is 0. The number of fused-ring (bicyclic) bond motifs is 12. The number of hydrogen-bond donors (Lipinski definition) is 1. The highest BCUT2D eigenvalue weighted by molar-refractivity contribution is 5.11. The molecule has 50 heavy (non-hydrogen) atoms. The van der Waals surface area contributed by atoms with Crippen LogP contribution < -0.4 is 5.32 Å². The first kappa shape index (κ1) is 33.2. The van der Waals surface area contributed by atoms with Crippen molar-refractivity contribution in [1.82, 2.24) is 15.1 Å². The van der Waals surface area contributed by atoms with Gasteiger partial charge in [-0.15, -0.1) is 0 Å². The topological polar surface area (TPSA) is 18.5 Å². The zero-order valence-electron chi connectivity index (χ0n) is 32.3. The van der Waals surface area contributed by atoms with Crippen LogP contribution in [0.4, 0.5) is 0 Å². The minimum Gasteiger partial charge on any atom is -0.317 e. The molecule has 0 amide bonds. The number of piperidine rings is 1. The van der Waals surface area contributed by atoms with Gasteiger partial charge in [0.25, 0.3) is 0 Å². The third-order valence-electron chi connectivity index (χ3n) is 20.1. The van der Waals surface area contributed by atoms with Crippen molar-refractivity contribution in [3.05, 3.63) is 0 Å². The molecule has 11 aliphatic rings. The van der Waals surface area contributed by atoms with Gasteiger partial charge in [0, 0.05) is 36.3 Å². The van der Waals surface area contributed by atoms with Crippen molar-refractivity contribution in [3.8, 4) is 0 Å². The molecule has 3 nitrogen and oxygen atoms in total. The van der Waals surface area contributed by atoms with E-state index in [9.17, 15) is 0 Å². The normalized spacial score (nSPS) is 54.4. The number of likely N-dealkylation sites (tertiary alicyclic amines) is 2. The largest absolute Gasteiger partial charge is 0.317 e. The Morgan fingerprint density at radius 2 is 0.700 bits per heavy atom. The van der Waals surface area contributed by atoms with Crippen LogP contribution in [0, 0.1) is 71.0 Å². The van der Waals surface area contributed by atoms with E-state index in [4.69, 9.17) is 0 Å². The standard InChI is InChI=1S/C47H77N3/c1-2-11-36-34(9-1)35-10-3-4-12-37(35)41-29-33(19-20-38(36)41)50-45-16-8-6-14-40(45)43-28-31(18-22-47(43)50)30-17-21-46-42(27-30)39-13-5-7-15-44(39)49(46)32-23-25-48-26-24-32/h30-48H,1-29H2. The molecule has 11 rings (SSSR count). The fourth-order valence-corrected chi connectivity index (χ4v) is 18.7. The number of hydrogen-bond acceptors (Lipinski definition) is 3. The molecule has 8 saturated carbocycles. The van der Waals surface area contributed by atoms with E-state index < -0.39 is 0 Å². The Labute approximate surface area is 308 Å². The third-order valence-corrected chi connectivity index (χ3v) is 20.1. The third kappa shape index (κ3) is 5.46. The SMILES string of the molecule is C1CCC2C(C1)C1CCCCC1C1CC(N3C4CCCCC4C4CC(C5CCC6C(C5)C5CCCCC5N6C5CCNCC5)CCC43)CCC21. The van der Waals surface area contributed by atoms with Crippen molar-refractivity contribution in [2.75, 3.05) is 13.1 Å². The summed E-state index contributed by atoms with van der Waals surface area (Å²) in [5, 5.41) is 3.70. The second-order valence-corrected chi connectivity index (χ2v) is 21.5. The van der Waals surface area contributed by atoms with E-state index in [1.54, 1.807) is 135 Å². The summed E-state index contributed by atoms with van der Waals surface area (Å²) in [5.41, 5.74) is 0. The van der Waals surface area contributed by atoms with Crippen LogP contribution in [0.15, 0.2) is 0 Å². The average Bonchev–Trinajstić information content (AvgIpc) is 3.70. The average molecular weight is 684 g/mol. The summed E-state index contributed by atoms with van der Waals surface area (Å²) in [6.45, 7) is 2.54. The Balaban J connectivity index is 0.803. The number of nitrogens with zero attached hydrogens (tertiary/aromatic N) is 2. The van der Waals surface area contributed by atoms with Gasteiger partial charge >= 0.3 is 0 Å². The summed E-state index contributed by atoms with van der Waals surface area (Å²) in [6, 6.07) is 5.69. The van der Waals surface area contributed by atoms with E-state index in [0.717, 1.165) is 107 Å². The predicted molar refractivity (Wildman–Crippen MR) is 206 cm³/mol. The molecule has 0 bridgehead atoms. The van der Waals surface area contributed by atoms with Crippen molar-refractivity contribution >= 4 is 0 Å². The Morgan fingerprint density at radius 1 is 0.280 bits per heavy atom. The predicted octanol–water partition coefficient (Wildman–Crippen LogP) is 10.5. The summed E-state index contributed by atoms with van der Waals surface area (Å²) in [4.78, 5) is 6.64. The van der Waals surface area contributed by atoms with Gasteiger partial charge in [-0.05, 0) is 206 Å². The molecule has 0 aromatic carbocycles. The van der Waals surface area contributed by atoms with Gasteiger partial charge in [0.2, 0.25) is 0 Å². The van der Waals surface area contributed by atoms with E-state index in [1.165, 1.54) is 51.6 Å². The maximum Gasteiger partial charge on any atom is 0.0133 e. The fraction of sp³-hybridized carbons (Fsp3) is 1.00. The van der Waals surface area contributed by atoms with Crippen LogP contribution >= 0.6 is 0 Å². The Bertz CT molecular complexity index is 1160. The molecule has 3 heterocycles. The molecule has 3 saturated heterocycles. The first-order valence-corrected chi connectivity index (χ1v) is 24.1. The molecule has 3 aliphatic heterocycles. The lowest BCUT2D eigenvalue weighted by Gasteiger charge is -2.59. The number of nitrogens with one attached hydrogen (secondary N) is 1. The smallest absolute Gasteiger partial charge is 0.0133 e. The maximum absolute atomic E-state index is 3.70. The summed E-state index contributed by atoms with van der Waals surface area (Å²) in [6.07, 6.45) is 42.4. The highest BCUT2D eigenvalue weighted by Crippen LogP contribution is 2.62. The lowest BCUT2D eigenvalue weighted by atomic mass is 9.48. The van der Waals surface area contributed by atoms with Crippen LogP contribution in [0.2, 0.25) is 0 Å².